The van der Waals surface area contributed by atoms with Gasteiger partial charge in [0.05, 0.1) is 6.54 Å². The summed E-state index contributed by atoms with van der Waals surface area (Å²) in [5, 5.41) is 3.06. The Morgan fingerprint density at radius 3 is 2.56 bits per heavy atom. The Morgan fingerprint density at radius 2 is 2.06 bits per heavy atom. The molecule has 0 unspecified atom stereocenters. The Hall–Kier alpha value is -0.870. The number of carbonyl (C=O) groups excluding carboxylic acids is 1. The van der Waals surface area contributed by atoms with Gasteiger partial charge in [0.25, 0.3) is 0 Å². The number of aryl methyl sites for hydroxylation is 1. The zero-order chi connectivity index (χ0) is 13.5. The Kier molecular flexibility index (Phi) is 6.36. The van der Waals surface area contributed by atoms with E-state index in [9.17, 15) is 4.79 Å². The highest BCUT2D eigenvalue weighted by Crippen LogP contribution is 2.16. The Balaban J connectivity index is 2.35. The fraction of sp³-hybridized carbons (Fsp3) is 0.643. The smallest absolute Gasteiger partial charge is 0.234 e. The lowest BCUT2D eigenvalue weighted by Crippen LogP contribution is -2.41. The minimum absolute atomic E-state index is 0.125. The summed E-state index contributed by atoms with van der Waals surface area (Å²) < 4.78 is 0. The molecule has 0 spiro atoms. The standard InChI is InChI=1S/C14H24N2OS/c1-5-16(6-2)10-14(17)15-11(3)9-13-8-7-12(4)18-13/h7-8,11H,5-6,9-10H2,1-4H3,(H,15,17)/t11-/m1/s1. The van der Waals surface area contributed by atoms with Gasteiger partial charge in [0.2, 0.25) is 5.91 Å². The quantitative estimate of drug-likeness (QED) is 0.824. The minimum Gasteiger partial charge on any atom is -0.352 e. The van der Waals surface area contributed by atoms with Crippen molar-refractivity contribution in [1.82, 2.24) is 10.2 Å². The van der Waals surface area contributed by atoms with Crippen molar-refractivity contribution >= 4 is 17.2 Å². The van der Waals surface area contributed by atoms with Crippen LogP contribution in [0.15, 0.2) is 12.1 Å². The van der Waals surface area contributed by atoms with Crippen molar-refractivity contribution in [2.45, 2.75) is 40.2 Å². The zero-order valence-electron chi connectivity index (χ0n) is 11.8. The van der Waals surface area contributed by atoms with Crippen LogP contribution in [-0.4, -0.2) is 36.5 Å². The summed E-state index contributed by atoms with van der Waals surface area (Å²) >= 11 is 1.80. The van der Waals surface area contributed by atoms with Crippen molar-refractivity contribution in [3.8, 4) is 0 Å². The van der Waals surface area contributed by atoms with E-state index in [0.717, 1.165) is 19.5 Å². The van der Waals surface area contributed by atoms with E-state index in [0.29, 0.717) is 6.54 Å². The van der Waals surface area contributed by atoms with Gasteiger partial charge >= 0.3 is 0 Å². The van der Waals surface area contributed by atoms with Gasteiger partial charge in [-0.3, -0.25) is 9.69 Å². The van der Waals surface area contributed by atoms with Crippen molar-refractivity contribution < 1.29 is 4.79 Å². The second kappa shape index (κ2) is 7.54. The molecule has 0 saturated heterocycles. The van der Waals surface area contributed by atoms with Gasteiger partial charge in [-0.1, -0.05) is 13.8 Å². The molecule has 0 bridgehead atoms. The number of hydrogen-bond acceptors (Lipinski definition) is 3. The van der Waals surface area contributed by atoms with Crippen LogP contribution in [0, 0.1) is 6.92 Å². The molecule has 0 radical (unpaired) electrons. The Labute approximate surface area is 114 Å². The average Bonchev–Trinajstić information content (AvgIpc) is 2.71. The second-order valence-electron chi connectivity index (χ2n) is 4.65. The summed E-state index contributed by atoms with van der Waals surface area (Å²) in [7, 11) is 0. The molecule has 1 N–H and O–H groups in total. The van der Waals surface area contributed by atoms with Gasteiger partial charge in [0.1, 0.15) is 0 Å². The Morgan fingerprint density at radius 1 is 1.39 bits per heavy atom. The van der Waals surface area contributed by atoms with Crippen molar-refractivity contribution in [2.75, 3.05) is 19.6 Å². The highest BCUT2D eigenvalue weighted by Gasteiger charge is 2.11. The highest BCUT2D eigenvalue weighted by atomic mass is 32.1. The number of likely N-dealkylation sites (N-methyl/N-ethyl adjacent to an activating group) is 1. The molecule has 0 saturated carbocycles. The van der Waals surface area contributed by atoms with Gasteiger partial charge < -0.3 is 5.32 Å². The molecule has 0 fully saturated rings. The van der Waals surface area contributed by atoms with Gasteiger partial charge in [-0.25, -0.2) is 0 Å². The lowest BCUT2D eigenvalue weighted by molar-refractivity contribution is -0.122. The molecule has 0 aliphatic carbocycles. The number of nitrogens with one attached hydrogen (secondary N) is 1. The zero-order valence-corrected chi connectivity index (χ0v) is 12.6. The van der Waals surface area contributed by atoms with E-state index < -0.39 is 0 Å². The van der Waals surface area contributed by atoms with Crippen LogP contribution in [0.5, 0.6) is 0 Å². The molecule has 4 heteroatoms. The van der Waals surface area contributed by atoms with Gasteiger partial charge in [-0.2, -0.15) is 0 Å². The lowest BCUT2D eigenvalue weighted by Gasteiger charge is -2.19. The van der Waals surface area contributed by atoms with Crippen LogP contribution in [-0.2, 0) is 11.2 Å². The third-order valence-corrected chi connectivity index (χ3v) is 4.00. The fourth-order valence-electron chi connectivity index (χ4n) is 1.92. The van der Waals surface area contributed by atoms with Crippen LogP contribution in [0.4, 0.5) is 0 Å². The summed E-state index contributed by atoms with van der Waals surface area (Å²) in [4.78, 5) is 16.6. The first-order valence-corrected chi connectivity index (χ1v) is 7.43. The topological polar surface area (TPSA) is 32.3 Å². The first-order valence-electron chi connectivity index (χ1n) is 6.62. The molecule has 3 nitrogen and oxygen atoms in total. The molecule has 18 heavy (non-hydrogen) atoms. The molecule has 102 valence electrons. The third-order valence-electron chi connectivity index (χ3n) is 2.97. The van der Waals surface area contributed by atoms with Crippen LogP contribution in [0.2, 0.25) is 0 Å². The van der Waals surface area contributed by atoms with Gasteiger partial charge in [0, 0.05) is 22.2 Å². The van der Waals surface area contributed by atoms with Crippen molar-refractivity contribution in [3.63, 3.8) is 0 Å². The van der Waals surface area contributed by atoms with Crippen LogP contribution >= 0.6 is 11.3 Å². The largest absolute Gasteiger partial charge is 0.352 e. The molecule has 0 aliphatic heterocycles. The SMILES string of the molecule is CCN(CC)CC(=O)N[C@H](C)Cc1ccc(C)s1. The van der Waals surface area contributed by atoms with E-state index >= 15 is 0 Å². The summed E-state index contributed by atoms with van der Waals surface area (Å²) in [5.74, 6) is 0.125. The third kappa shape index (κ3) is 5.19. The molecule has 1 atom stereocenters. The Bertz CT molecular complexity index is 372. The molecule has 1 aromatic heterocycles. The molecular weight excluding hydrogens is 244 g/mol. The normalized spacial score (nSPS) is 12.7. The van der Waals surface area contributed by atoms with E-state index in [1.807, 2.05) is 0 Å². The molecule has 0 aromatic carbocycles. The number of nitrogens with zero attached hydrogens (tertiary/aromatic N) is 1. The van der Waals surface area contributed by atoms with Crippen molar-refractivity contribution in [3.05, 3.63) is 21.9 Å². The van der Waals surface area contributed by atoms with Gasteiger partial charge in [-0.05, 0) is 39.1 Å². The van der Waals surface area contributed by atoms with Gasteiger partial charge in [-0.15, -0.1) is 11.3 Å². The number of hydrogen-bond donors (Lipinski definition) is 1. The number of carbonyl (C=O) groups is 1. The van der Waals surface area contributed by atoms with E-state index in [2.05, 4.69) is 50.0 Å². The average molecular weight is 268 g/mol. The minimum atomic E-state index is 0.125. The lowest BCUT2D eigenvalue weighted by atomic mass is 10.2. The van der Waals surface area contributed by atoms with Crippen LogP contribution in [0.1, 0.15) is 30.5 Å². The monoisotopic (exact) mass is 268 g/mol. The molecule has 1 aromatic rings. The summed E-state index contributed by atoms with van der Waals surface area (Å²) in [6, 6.07) is 4.48. The summed E-state index contributed by atoms with van der Waals surface area (Å²) in [6.07, 6.45) is 0.919. The maximum absolute atomic E-state index is 11.8. The molecule has 1 rings (SSSR count). The number of rotatable bonds is 7. The molecule has 1 amide bonds. The maximum Gasteiger partial charge on any atom is 0.234 e. The first kappa shape index (κ1) is 15.2. The predicted molar refractivity (Wildman–Crippen MR) is 78.2 cm³/mol. The second-order valence-corrected chi connectivity index (χ2v) is 6.02. The molecule has 1 heterocycles. The molecular formula is C14H24N2OS. The maximum atomic E-state index is 11.8. The number of amides is 1. The first-order chi connectivity index (χ1) is 8.55. The fourth-order valence-corrected chi connectivity index (χ4v) is 2.94. The van der Waals surface area contributed by atoms with E-state index in [1.165, 1.54) is 9.75 Å². The van der Waals surface area contributed by atoms with Crippen molar-refractivity contribution in [2.24, 2.45) is 0 Å². The highest BCUT2D eigenvalue weighted by molar-refractivity contribution is 7.11. The molecule has 0 aliphatic rings. The van der Waals surface area contributed by atoms with E-state index in [-0.39, 0.29) is 11.9 Å². The van der Waals surface area contributed by atoms with Crippen LogP contribution in [0.25, 0.3) is 0 Å². The van der Waals surface area contributed by atoms with Gasteiger partial charge in [0.15, 0.2) is 0 Å². The summed E-state index contributed by atoms with van der Waals surface area (Å²) in [6.45, 7) is 10.7. The van der Waals surface area contributed by atoms with Crippen molar-refractivity contribution in [1.29, 1.82) is 0 Å². The van der Waals surface area contributed by atoms with Crippen LogP contribution < -0.4 is 5.32 Å². The van der Waals surface area contributed by atoms with Crippen LogP contribution in [0.3, 0.4) is 0 Å². The van der Waals surface area contributed by atoms with E-state index in [1.54, 1.807) is 11.3 Å². The van der Waals surface area contributed by atoms with E-state index in [4.69, 9.17) is 0 Å². The summed E-state index contributed by atoms with van der Waals surface area (Å²) in [5.41, 5.74) is 0. The predicted octanol–water partition coefficient (Wildman–Crippen LogP) is 2.45. The number of thiophene rings is 1.